The normalized spacial score (nSPS) is 23.1. The van der Waals surface area contributed by atoms with Gasteiger partial charge in [0.2, 0.25) is 0 Å². The monoisotopic (exact) mass is 201 g/mol. The van der Waals surface area contributed by atoms with Gasteiger partial charge in [0.15, 0.2) is 0 Å². The summed E-state index contributed by atoms with van der Waals surface area (Å²) >= 11 is 0. The Morgan fingerprint density at radius 2 is 2.43 bits per heavy atom. The molecule has 1 atom stereocenters. The molecule has 0 aliphatic carbocycles. The van der Waals surface area contributed by atoms with Crippen LogP contribution < -0.4 is 10.6 Å². The van der Waals surface area contributed by atoms with Crippen LogP contribution in [-0.2, 0) is 4.74 Å². The average Bonchev–Trinajstić information content (AvgIpc) is 2.26. The summed E-state index contributed by atoms with van der Waals surface area (Å²) in [6, 6.07) is -0.151. The third-order valence-electron chi connectivity index (χ3n) is 2.39. The summed E-state index contributed by atoms with van der Waals surface area (Å²) in [6.45, 7) is 6.41. The van der Waals surface area contributed by atoms with Gasteiger partial charge in [-0.05, 0) is 6.54 Å². The van der Waals surface area contributed by atoms with Crippen LogP contribution >= 0.6 is 0 Å². The number of hydrogen-bond acceptors (Lipinski definition) is 3. The first-order chi connectivity index (χ1) is 6.76. The fraction of sp³-hybridized carbons (Fsp3) is 0.889. The Hall–Kier alpha value is -0.810. The van der Waals surface area contributed by atoms with Gasteiger partial charge in [-0.3, -0.25) is 4.90 Å². The number of urea groups is 1. The summed E-state index contributed by atoms with van der Waals surface area (Å²) in [5.41, 5.74) is 0. The van der Waals surface area contributed by atoms with Gasteiger partial charge in [-0.2, -0.15) is 0 Å². The molecule has 0 bridgehead atoms. The van der Waals surface area contributed by atoms with E-state index in [2.05, 4.69) is 22.5 Å². The maximum Gasteiger partial charge on any atom is 0.314 e. The largest absolute Gasteiger partial charge is 0.374 e. The number of amides is 2. The molecule has 82 valence electrons. The third-order valence-corrected chi connectivity index (χ3v) is 2.39. The second kappa shape index (κ2) is 5.82. The zero-order chi connectivity index (χ0) is 10.4. The maximum absolute atomic E-state index is 10.9. The van der Waals surface area contributed by atoms with E-state index in [0.29, 0.717) is 6.54 Å². The summed E-state index contributed by atoms with van der Waals surface area (Å²) in [5.74, 6) is 0. The summed E-state index contributed by atoms with van der Waals surface area (Å²) in [6.07, 6.45) is 0.126. The summed E-state index contributed by atoms with van der Waals surface area (Å²) in [7, 11) is 1.61. The molecule has 1 unspecified atom stereocenters. The lowest BCUT2D eigenvalue weighted by Crippen LogP contribution is -2.48. The maximum atomic E-state index is 10.9. The minimum atomic E-state index is -0.151. The molecule has 0 aromatic rings. The molecule has 0 radical (unpaired) electrons. The zero-order valence-electron chi connectivity index (χ0n) is 8.88. The van der Waals surface area contributed by atoms with E-state index < -0.39 is 0 Å². The number of nitrogens with zero attached hydrogens (tertiary/aromatic N) is 1. The number of nitrogens with one attached hydrogen (secondary N) is 2. The standard InChI is InChI=1S/C9H19N3O2/c1-3-12-4-5-14-8(7-12)6-11-9(13)10-2/h8H,3-7H2,1-2H3,(H2,10,11,13). The van der Waals surface area contributed by atoms with Crippen molar-refractivity contribution in [3.8, 4) is 0 Å². The molecule has 0 aromatic carbocycles. The predicted octanol–water partition coefficient (Wildman–Crippen LogP) is -0.364. The zero-order valence-corrected chi connectivity index (χ0v) is 8.88. The number of morpholine rings is 1. The second-order valence-corrected chi connectivity index (χ2v) is 3.35. The molecular formula is C9H19N3O2. The van der Waals surface area contributed by atoms with Crippen molar-refractivity contribution in [1.29, 1.82) is 0 Å². The molecule has 1 fully saturated rings. The molecule has 14 heavy (non-hydrogen) atoms. The highest BCUT2D eigenvalue weighted by Crippen LogP contribution is 2.03. The van der Waals surface area contributed by atoms with Crippen molar-refractivity contribution in [1.82, 2.24) is 15.5 Å². The molecule has 5 heteroatoms. The first-order valence-electron chi connectivity index (χ1n) is 5.05. The van der Waals surface area contributed by atoms with Crippen molar-refractivity contribution in [2.45, 2.75) is 13.0 Å². The van der Waals surface area contributed by atoms with E-state index in [1.807, 2.05) is 0 Å². The average molecular weight is 201 g/mol. The van der Waals surface area contributed by atoms with Crippen LogP contribution in [0.5, 0.6) is 0 Å². The first kappa shape index (κ1) is 11.3. The number of carbonyl (C=O) groups excluding carboxylic acids is 1. The highest BCUT2D eigenvalue weighted by molar-refractivity contribution is 5.73. The number of hydrogen-bond donors (Lipinski definition) is 2. The molecule has 2 amide bonds. The van der Waals surface area contributed by atoms with E-state index in [0.717, 1.165) is 26.2 Å². The Morgan fingerprint density at radius 1 is 1.64 bits per heavy atom. The number of rotatable bonds is 3. The van der Waals surface area contributed by atoms with Crippen LogP contribution in [0.3, 0.4) is 0 Å². The summed E-state index contributed by atoms with van der Waals surface area (Å²) in [5, 5.41) is 5.26. The van der Waals surface area contributed by atoms with Crippen LogP contribution in [0.2, 0.25) is 0 Å². The van der Waals surface area contributed by atoms with Gasteiger partial charge in [-0.1, -0.05) is 6.92 Å². The van der Waals surface area contributed by atoms with Gasteiger partial charge in [-0.15, -0.1) is 0 Å². The quantitative estimate of drug-likeness (QED) is 0.655. The van der Waals surface area contributed by atoms with E-state index in [9.17, 15) is 4.79 Å². The summed E-state index contributed by atoms with van der Waals surface area (Å²) in [4.78, 5) is 13.2. The molecule has 0 aromatic heterocycles. The van der Waals surface area contributed by atoms with Crippen LogP contribution in [0.1, 0.15) is 6.92 Å². The molecule has 5 nitrogen and oxygen atoms in total. The smallest absolute Gasteiger partial charge is 0.314 e. The van der Waals surface area contributed by atoms with Crippen molar-refractivity contribution in [2.75, 3.05) is 39.8 Å². The summed E-state index contributed by atoms with van der Waals surface area (Å²) < 4.78 is 5.52. The Bertz CT molecular complexity index is 187. The molecule has 0 saturated carbocycles. The lowest BCUT2D eigenvalue weighted by Gasteiger charge is -2.32. The van der Waals surface area contributed by atoms with E-state index in [1.165, 1.54) is 0 Å². The lowest BCUT2D eigenvalue weighted by atomic mass is 10.2. The second-order valence-electron chi connectivity index (χ2n) is 3.35. The highest BCUT2D eigenvalue weighted by Gasteiger charge is 2.19. The topological polar surface area (TPSA) is 53.6 Å². The van der Waals surface area contributed by atoms with Gasteiger partial charge in [0, 0.05) is 26.7 Å². The van der Waals surface area contributed by atoms with Gasteiger partial charge in [0.25, 0.3) is 0 Å². The van der Waals surface area contributed by atoms with E-state index in [1.54, 1.807) is 7.05 Å². The molecule has 1 aliphatic heterocycles. The lowest BCUT2D eigenvalue weighted by molar-refractivity contribution is -0.0239. The first-order valence-corrected chi connectivity index (χ1v) is 5.05. The number of ether oxygens (including phenoxy) is 1. The molecule has 1 aliphatic rings. The van der Waals surface area contributed by atoms with Gasteiger partial charge in [-0.25, -0.2) is 4.79 Å². The molecule has 0 spiro atoms. The van der Waals surface area contributed by atoms with Gasteiger partial charge in [0.05, 0.1) is 12.7 Å². The predicted molar refractivity (Wildman–Crippen MR) is 54.3 cm³/mol. The van der Waals surface area contributed by atoms with Crippen LogP contribution in [0.25, 0.3) is 0 Å². The van der Waals surface area contributed by atoms with Crippen molar-refractivity contribution in [3.63, 3.8) is 0 Å². The van der Waals surface area contributed by atoms with E-state index >= 15 is 0 Å². The van der Waals surface area contributed by atoms with Gasteiger partial charge >= 0.3 is 6.03 Å². The molecule has 1 heterocycles. The Labute approximate surface area is 84.8 Å². The highest BCUT2D eigenvalue weighted by atomic mass is 16.5. The molecule has 1 rings (SSSR count). The van der Waals surface area contributed by atoms with Gasteiger partial charge in [0.1, 0.15) is 0 Å². The minimum absolute atomic E-state index is 0.126. The van der Waals surface area contributed by atoms with Crippen molar-refractivity contribution in [3.05, 3.63) is 0 Å². The van der Waals surface area contributed by atoms with Crippen LogP contribution in [0, 0.1) is 0 Å². The Balaban J connectivity index is 2.20. The SMILES string of the molecule is CCN1CCOC(CNC(=O)NC)C1. The van der Waals surface area contributed by atoms with Crippen molar-refractivity contribution >= 4 is 6.03 Å². The Morgan fingerprint density at radius 3 is 3.07 bits per heavy atom. The van der Waals surface area contributed by atoms with Gasteiger partial charge < -0.3 is 15.4 Å². The third kappa shape index (κ3) is 3.51. The van der Waals surface area contributed by atoms with E-state index in [-0.39, 0.29) is 12.1 Å². The van der Waals surface area contributed by atoms with Crippen LogP contribution in [0.15, 0.2) is 0 Å². The number of likely N-dealkylation sites (N-methyl/N-ethyl adjacent to an activating group) is 1. The van der Waals surface area contributed by atoms with Crippen molar-refractivity contribution in [2.24, 2.45) is 0 Å². The Kier molecular flexibility index (Phi) is 4.69. The molecule has 1 saturated heterocycles. The van der Waals surface area contributed by atoms with Crippen molar-refractivity contribution < 1.29 is 9.53 Å². The molecule has 2 N–H and O–H groups in total. The van der Waals surface area contributed by atoms with Crippen LogP contribution in [0.4, 0.5) is 4.79 Å². The molecular weight excluding hydrogens is 182 g/mol. The van der Waals surface area contributed by atoms with E-state index in [4.69, 9.17) is 4.74 Å². The number of carbonyl (C=O) groups is 1. The fourth-order valence-corrected chi connectivity index (χ4v) is 1.49. The van der Waals surface area contributed by atoms with Crippen LogP contribution in [-0.4, -0.2) is 56.9 Å². The fourth-order valence-electron chi connectivity index (χ4n) is 1.49. The minimum Gasteiger partial charge on any atom is -0.374 e.